The summed E-state index contributed by atoms with van der Waals surface area (Å²) in [6.07, 6.45) is 2.32. The van der Waals surface area contributed by atoms with Gasteiger partial charge in [-0.2, -0.15) is 0 Å². The van der Waals surface area contributed by atoms with Gasteiger partial charge in [-0.25, -0.2) is 0 Å². The summed E-state index contributed by atoms with van der Waals surface area (Å²) in [5.41, 5.74) is 8.53. The van der Waals surface area contributed by atoms with Gasteiger partial charge < -0.3 is 15.2 Å². The van der Waals surface area contributed by atoms with Gasteiger partial charge in [0, 0.05) is 12.0 Å². The standard InChI is InChI=1S/C13H18BrNO2/c1-8-9(13(7-15)4-5-13)6-10(16-2)12(17-3)11(8)14/h6H,4-5,7,15H2,1-3H3. The molecule has 2 N–H and O–H groups in total. The normalized spacial score (nSPS) is 16.8. The van der Waals surface area contributed by atoms with E-state index >= 15 is 0 Å². The highest BCUT2D eigenvalue weighted by Gasteiger charge is 2.44. The van der Waals surface area contributed by atoms with Crippen LogP contribution in [-0.2, 0) is 5.41 Å². The molecule has 4 heteroatoms. The van der Waals surface area contributed by atoms with E-state index in [1.165, 1.54) is 11.1 Å². The lowest BCUT2D eigenvalue weighted by Crippen LogP contribution is -2.21. The molecular formula is C13H18BrNO2. The Balaban J connectivity index is 2.58. The molecule has 0 heterocycles. The fourth-order valence-corrected chi connectivity index (χ4v) is 2.90. The van der Waals surface area contributed by atoms with Gasteiger partial charge in [0.2, 0.25) is 0 Å². The molecule has 1 aliphatic rings. The van der Waals surface area contributed by atoms with Crippen LogP contribution in [0.2, 0.25) is 0 Å². The molecule has 0 amide bonds. The summed E-state index contributed by atoms with van der Waals surface area (Å²) < 4.78 is 11.7. The molecule has 0 unspecified atom stereocenters. The third kappa shape index (κ3) is 1.93. The van der Waals surface area contributed by atoms with E-state index in [1.807, 2.05) is 0 Å². The molecule has 1 aromatic carbocycles. The molecule has 0 aromatic heterocycles. The van der Waals surface area contributed by atoms with Crippen LogP contribution in [0.5, 0.6) is 11.5 Å². The minimum absolute atomic E-state index is 0.159. The average molecular weight is 300 g/mol. The van der Waals surface area contributed by atoms with Crippen molar-refractivity contribution in [2.45, 2.75) is 25.2 Å². The highest BCUT2D eigenvalue weighted by atomic mass is 79.9. The summed E-state index contributed by atoms with van der Waals surface area (Å²) in [4.78, 5) is 0. The molecule has 3 nitrogen and oxygen atoms in total. The molecule has 94 valence electrons. The smallest absolute Gasteiger partial charge is 0.175 e. The lowest BCUT2D eigenvalue weighted by atomic mass is 9.91. The van der Waals surface area contributed by atoms with Gasteiger partial charge in [0.25, 0.3) is 0 Å². The number of hydrogen-bond acceptors (Lipinski definition) is 3. The summed E-state index contributed by atoms with van der Waals surface area (Å²) in [6, 6.07) is 2.07. The maximum Gasteiger partial charge on any atom is 0.175 e. The van der Waals surface area contributed by atoms with E-state index in [0.717, 1.165) is 28.8 Å². The Morgan fingerprint density at radius 3 is 2.41 bits per heavy atom. The van der Waals surface area contributed by atoms with Gasteiger partial charge >= 0.3 is 0 Å². The summed E-state index contributed by atoms with van der Waals surface area (Å²) in [5, 5.41) is 0. The molecule has 1 aliphatic carbocycles. The quantitative estimate of drug-likeness (QED) is 0.930. The molecule has 1 aromatic rings. The lowest BCUT2D eigenvalue weighted by molar-refractivity contribution is 0.352. The molecule has 0 saturated heterocycles. The Morgan fingerprint density at radius 2 is 2.00 bits per heavy atom. The number of methoxy groups -OCH3 is 2. The average Bonchev–Trinajstić information content (AvgIpc) is 3.13. The fraction of sp³-hybridized carbons (Fsp3) is 0.538. The number of rotatable bonds is 4. The summed E-state index contributed by atoms with van der Waals surface area (Å²) >= 11 is 3.59. The van der Waals surface area contributed by atoms with Crippen molar-refractivity contribution >= 4 is 15.9 Å². The highest BCUT2D eigenvalue weighted by molar-refractivity contribution is 9.10. The van der Waals surface area contributed by atoms with Crippen LogP contribution in [0.15, 0.2) is 10.5 Å². The minimum atomic E-state index is 0.159. The molecule has 0 atom stereocenters. The molecule has 1 fully saturated rings. The minimum Gasteiger partial charge on any atom is -0.493 e. The van der Waals surface area contributed by atoms with Crippen LogP contribution >= 0.6 is 15.9 Å². The Morgan fingerprint density at radius 1 is 1.35 bits per heavy atom. The van der Waals surface area contributed by atoms with Crippen LogP contribution in [0.3, 0.4) is 0 Å². The second kappa shape index (κ2) is 4.50. The first-order chi connectivity index (χ1) is 8.09. The predicted octanol–water partition coefficient (Wildman–Crippen LogP) is 2.77. The Bertz CT molecular complexity index is 442. The Kier molecular flexibility index (Phi) is 3.36. The van der Waals surface area contributed by atoms with E-state index in [4.69, 9.17) is 15.2 Å². The van der Waals surface area contributed by atoms with E-state index in [-0.39, 0.29) is 5.41 Å². The number of ether oxygens (including phenoxy) is 2. The first kappa shape index (κ1) is 12.7. The highest BCUT2D eigenvalue weighted by Crippen LogP contribution is 2.52. The van der Waals surface area contributed by atoms with Crippen LogP contribution in [0.4, 0.5) is 0 Å². The van der Waals surface area contributed by atoms with Crippen molar-refractivity contribution in [3.63, 3.8) is 0 Å². The van der Waals surface area contributed by atoms with E-state index in [9.17, 15) is 0 Å². The van der Waals surface area contributed by atoms with Crippen molar-refractivity contribution < 1.29 is 9.47 Å². The van der Waals surface area contributed by atoms with Gasteiger partial charge in [-0.3, -0.25) is 0 Å². The third-order valence-corrected chi connectivity index (χ3v) is 4.63. The Hall–Kier alpha value is -0.740. The molecule has 2 rings (SSSR count). The topological polar surface area (TPSA) is 44.5 Å². The van der Waals surface area contributed by atoms with Gasteiger partial charge in [0.15, 0.2) is 11.5 Å². The van der Waals surface area contributed by atoms with Gasteiger partial charge in [-0.15, -0.1) is 0 Å². The summed E-state index contributed by atoms with van der Waals surface area (Å²) in [7, 11) is 3.31. The molecule has 0 bridgehead atoms. The first-order valence-corrected chi connectivity index (χ1v) is 6.50. The summed E-state index contributed by atoms with van der Waals surface area (Å²) in [5.74, 6) is 1.52. The van der Waals surface area contributed by atoms with E-state index in [2.05, 4.69) is 28.9 Å². The Labute approximate surface area is 110 Å². The SMILES string of the molecule is COc1cc(C2(CN)CC2)c(C)c(Br)c1OC. The van der Waals surface area contributed by atoms with E-state index in [0.29, 0.717) is 6.54 Å². The van der Waals surface area contributed by atoms with Gasteiger partial charge in [-0.05, 0) is 52.9 Å². The summed E-state index contributed by atoms with van der Waals surface area (Å²) in [6.45, 7) is 2.78. The zero-order chi connectivity index (χ0) is 12.6. The second-order valence-corrected chi connectivity index (χ2v) is 5.38. The van der Waals surface area contributed by atoms with Crippen molar-refractivity contribution in [2.24, 2.45) is 5.73 Å². The number of nitrogens with two attached hydrogens (primary N) is 1. The van der Waals surface area contributed by atoms with Gasteiger partial charge in [-0.1, -0.05) is 0 Å². The van der Waals surface area contributed by atoms with Crippen molar-refractivity contribution in [3.05, 3.63) is 21.7 Å². The molecule has 0 radical (unpaired) electrons. The largest absolute Gasteiger partial charge is 0.493 e. The van der Waals surface area contributed by atoms with Crippen LogP contribution in [-0.4, -0.2) is 20.8 Å². The van der Waals surface area contributed by atoms with Crippen molar-refractivity contribution in [1.29, 1.82) is 0 Å². The van der Waals surface area contributed by atoms with Crippen molar-refractivity contribution in [2.75, 3.05) is 20.8 Å². The number of hydrogen-bond donors (Lipinski definition) is 1. The maximum absolute atomic E-state index is 5.89. The zero-order valence-electron chi connectivity index (χ0n) is 10.5. The fourth-order valence-electron chi connectivity index (χ4n) is 2.33. The third-order valence-electron chi connectivity index (χ3n) is 3.67. The zero-order valence-corrected chi connectivity index (χ0v) is 12.1. The van der Waals surface area contributed by atoms with Crippen LogP contribution < -0.4 is 15.2 Å². The van der Waals surface area contributed by atoms with Crippen LogP contribution in [0.25, 0.3) is 0 Å². The van der Waals surface area contributed by atoms with E-state index < -0.39 is 0 Å². The van der Waals surface area contributed by atoms with Crippen molar-refractivity contribution in [1.82, 2.24) is 0 Å². The van der Waals surface area contributed by atoms with E-state index in [1.54, 1.807) is 14.2 Å². The number of halogens is 1. The molecule has 0 aliphatic heterocycles. The van der Waals surface area contributed by atoms with Gasteiger partial charge in [0.05, 0.1) is 18.7 Å². The first-order valence-electron chi connectivity index (χ1n) is 5.71. The van der Waals surface area contributed by atoms with Crippen LogP contribution in [0, 0.1) is 6.92 Å². The predicted molar refractivity (Wildman–Crippen MR) is 71.9 cm³/mol. The molecule has 17 heavy (non-hydrogen) atoms. The number of benzene rings is 1. The lowest BCUT2D eigenvalue weighted by Gasteiger charge is -2.20. The van der Waals surface area contributed by atoms with Gasteiger partial charge in [0.1, 0.15) is 0 Å². The monoisotopic (exact) mass is 299 g/mol. The van der Waals surface area contributed by atoms with Crippen LogP contribution in [0.1, 0.15) is 24.0 Å². The maximum atomic E-state index is 5.89. The second-order valence-electron chi connectivity index (χ2n) is 4.58. The molecule has 0 spiro atoms. The molecule has 1 saturated carbocycles. The molecular weight excluding hydrogens is 282 g/mol. The van der Waals surface area contributed by atoms with Crippen molar-refractivity contribution in [3.8, 4) is 11.5 Å².